The molecule has 0 unspecified atom stereocenters. The van der Waals surface area contributed by atoms with Crippen molar-refractivity contribution in [3.8, 4) is 11.5 Å². The van der Waals surface area contributed by atoms with E-state index in [2.05, 4.69) is 39.5 Å². The molecule has 31 heavy (non-hydrogen) atoms. The number of piperidine rings is 1. The van der Waals surface area contributed by atoms with Crippen LogP contribution in [0.2, 0.25) is 0 Å². The normalized spacial score (nSPS) is 15.7. The molecule has 4 rings (SSSR count). The zero-order valence-corrected chi connectivity index (χ0v) is 18.1. The first-order chi connectivity index (χ1) is 15.2. The summed E-state index contributed by atoms with van der Waals surface area (Å²) >= 11 is 0. The molecule has 0 radical (unpaired) electrons. The van der Waals surface area contributed by atoms with Crippen molar-refractivity contribution in [2.45, 2.75) is 32.4 Å². The van der Waals surface area contributed by atoms with Gasteiger partial charge in [0.2, 0.25) is 0 Å². The highest BCUT2D eigenvalue weighted by atomic mass is 16.5. The maximum absolute atomic E-state index is 10.9. The van der Waals surface area contributed by atoms with Gasteiger partial charge in [-0.1, -0.05) is 12.1 Å². The van der Waals surface area contributed by atoms with E-state index in [0.29, 0.717) is 18.3 Å². The fourth-order valence-electron chi connectivity index (χ4n) is 4.23. The standard InChI is InChI=1S/C25H29N3O3/c1-3-23(22-15-21(30-2)5-7-25(22)31-17-29)27-20-9-12-28(13-10-20)16-18-4-6-24-19(14-18)8-11-26-24/h3-8,11,14-15,17,20,26-27H,9-10,12-13,16H2,1-2H3/b23-3+. The highest BCUT2D eigenvalue weighted by Gasteiger charge is 2.21. The van der Waals surface area contributed by atoms with Crippen molar-refractivity contribution in [1.82, 2.24) is 15.2 Å². The predicted octanol–water partition coefficient (Wildman–Crippen LogP) is 4.33. The average molecular weight is 420 g/mol. The number of H-pyrrole nitrogens is 1. The van der Waals surface area contributed by atoms with Crippen LogP contribution < -0.4 is 14.8 Å². The van der Waals surface area contributed by atoms with Crippen LogP contribution in [0.4, 0.5) is 0 Å². The van der Waals surface area contributed by atoms with Crippen LogP contribution in [-0.4, -0.2) is 42.6 Å². The second kappa shape index (κ2) is 9.71. The molecule has 6 heteroatoms. The Morgan fingerprint density at radius 2 is 2.03 bits per heavy atom. The first-order valence-electron chi connectivity index (χ1n) is 10.7. The van der Waals surface area contributed by atoms with Crippen molar-refractivity contribution in [2.24, 2.45) is 0 Å². The first kappa shape index (κ1) is 21.0. The summed E-state index contributed by atoms with van der Waals surface area (Å²) in [4.78, 5) is 16.7. The number of allylic oxidation sites excluding steroid dienone is 1. The SMILES string of the molecule is C/C=C(/NC1CCN(Cc2ccc3[nH]ccc3c2)CC1)c1cc(OC)ccc1OC=O. The molecule has 1 fully saturated rings. The van der Waals surface area contributed by atoms with Crippen LogP contribution in [0.25, 0.3) is 16.6 Å². The molecule has 1 aromatic heterocycles. The summed E-state index contributed by atoms with van der Waals surface area (Å²) in [5.74, 6) is 1.25. The third-order valence-electron chi connectivity index (χ3n) is 5.91. The molecule has 162 valence electrons. The molecule has 0 bridgehead atoms. The molecule has 3 aromatic rings. The number of nitrogens with one attached hydrogen (secondary N) is 2. The number of hydrogen-bond donors (Lipinski definition) is 2. The van der Waals surface area contributed by atoms with Gasteiger partial charge in [0.05, 0.1) is 7.11 Å². The molecule has 0 spiro atoms. The van der Waals surface area contributed by atoms with E-state index in [9.17, 15) is 4.79 Å². The summed E-state index contributed by atoms with van der Waals surface area (Å²) in [6.45, 7) is 5.49. The number of ether oxygens (including phenoxy) is 2. The van der Waals surface area contributed by atoms with Crippen LogP contribution in [0.5, 0.6) is 11.5 Å². The Morgan fingerprint density at radius 3 is 2.77 bits per heavy atom. The molecule has 2 aromatic carbocycles. The topological polar surface area (TPSA) is 66.6 Å². The summed E-state index contributed by atoms with van der Waals surface area (Å²) in [7, 11) is 1.63. The lowest BCUT2D eigenvalue weighted by atomic mass is 10.0. The van der Waals surface area contributed by atoms with Gasteiger partial charge in [-0.15, -0.1) is 0 Å². The van der Waals surface area contributed by atoms with E-state index in [1.165, 1.54) is 16.5 Å². The zero-order chi connectivity index (χ0) is 21.6. The van der Waals surface area contributed by atoms with Gasteiger partial charge >= 0.3 is 0 Å². The molecule has 0 amide bonds. The number of methoxy groups -OCH3 is 1. The smallest absolute Gasteiger partial charge is 0.298 e. The maximum Gasteiger partial charge on any atom is 0.298 e. The third kappa shape index (κ3) is 4.91. The van der Waals surface area contributed by atoms with Gasteiger partial charge < -0.3 is 19.8 Å². The van der Waals surface area contributed by atoms with E-state index >= 15 is 0 Å². The third-order valence-corrected chi connectivity index (χ3v) is 5.91. The van der Waals surface area contributed by atoms with Crippen molar-refractivity contribution in [1.29, 1.82) is 0 Å². The Kier molecular flexibility index (Phi) is 6.57. The van der Waals surface area contributed by atoms with E-state index in [0.717, 1.165) is 49.5 Å². The zero-order valence-electron chi connectivity index (χ0n) is 18.1. The monoisotopic (exact) mass is 419 g/mol. The summed E-state index contributed by atoms with van der Waals surface area (Å²) in [5, 5.41) is 4.92. The number of aromatic amines is 1. The maximum atomic E-state index is 10.9. The molecule has 6 nitrogen and oxygen atoms in total. The van der Waals surface area contributed by atoms with Crippen LogP contribution in [0, 0.1) is 0 Å². The fraction of sp³-hybridized carbons (Fsp3) is 0.320. The second-order valence-electron chi connectivity index (χ2n) is 7.87. The quantitative estimate of drug-likeness (QED) is 0.532. The molecule has 0 atom stereocenters. The van der Waals surface area contributed by atoms with Crippen LogP contribution in [-0.2, 0) is 11.3 Å². The van der Waals surface area contributed by atoms with Crippen LogP contribution >= 0.6 is 0 Å². The molecule has 2 N–H and O–H groups in total. The summed E-state index contributed by atoms with van der Waals surface area (Å²) in [6.07, 6.45) is 6.11. The van der Waals surface area contributed by atoms with E-state index in [4.69, 9.17) is 9.47 Å². The Hall–Kier alpha value is -3.25. The minimum absolute atomic E-state index is 0.366. The number of likely N-dealkylation sites (tertiary alicyclic amines) is 1. The Morgan fingerprint density at radius 1 is 1.19 bits per heavy atom. The molecular formula is C25H29N3O3. The molecular weight excluding hydrogens is 390 g/mol. The predicted molar refractivity (Wildman–Crippen MR) is 123 cm³/mol. The van der Waals surface area contributed by atoms with Crippen molar-refractivity contribution in [3.05, 3.63) is 65.9 Å². The van der Waals surface area contributed by atoms with E-state index in [1.807, 2.05) is 25.3 Å². The van der Waals surface area contributed by atoms with Gasteiger partial charge in [-0.05, 0) is 67.1 Å². The Bertz CT molecular complexity index is 1060. The lowest BCUT2D eigenvalue weighted by Gasteiger charge is -2.33. The second-order valence-corrected chi connectivity index (χ2v) is 7.87. The Balaban J connectivity index is 1.38. The highest BCUT2D eigenvalue weighted by Crippen LogP contribution is 2.30. The molecule has 1 aliphatic rings. The number of rotatable bonds is 8. The van der Waals surface area contributed by atoms with Crippen molar-refractivity contribution < 1.29 is 14.3 Å². The molecule has 1 saturated heterocycles. The first-order valence-corrected chi connectivity index (χ1v) is 10.7. The van der Waals surface area contributed by atoms with E-state index in [-0.39, 0.29) is 0 Å². The van der Waals surface area contributed by atoms with Gasteiger partial charge in [-0.3, -0.25) is 9.69 Å². The lowest BCUT2D eigenvalue weighted by Crippen LogP contribution is -2.41. The number of carbonyl (C=O) groups excluding carboxylic acids is 1. The van der Waals surface area contributed by atoms with E-state index in [1.54, 1.807) is 19.2 Å². The lowest BCUT2D eigenvalue weighted by molar-refractivity contribution is -0.120. The van der Waals surface area contributed by atoms with Gasteiger partial charge in [-0.2, -0.15) is 0 Å². The molecule has 1 aliphatic heterocycles. The minimum Gasteiger partial charge on any atom is -0.497 e. The molecule has 0 aliphatic carbocycles. The number of hydrogen-bond acceptors (Lipinski definition) is 5. The summed E-state index contributed by atoms with van der Waals surface area (Å²) in [5.41, 5.74) is 4.31. The number of nitrogens with zero attached hydrogens (tertiary/aromatic N) is 1. The van der Waals surface area contributed by atoms with Crippen LogP contribution in [0.3, 0.4) is 0 Å². The number of aromatic nitrogens is 1. The Labute approximate surface area is 182 Å². The molecule has 0 saturated carbocycles. The van der Waals surface area contributed by atoms with Crippen LogP contribution in [0.1, 0.15) is 30.9 Å². The van der Waals surface area contributed by atoms with Crippen molar-refractivity contribution >= 4 is 23.1 Å². The highest BCUT2D eigenvalue weighted by molar-refractivity contribution is 5.79. The van der Waals surface area contributed by atoms with Gasteiger partial charge in [0.25, 0.3) is 6.47 Å². The number of benzene rings is 2. The van der Waals surface area contributed by atoms with Gasteiger partial charge in [0, 0.05) is 48.7 Å². The van der Waals surface area contributed by atoms with Crippen LogP contribution in [0.15, 0.2) is 54.7 Å². The average Bonchev–Trinajstić information content (AvgIpc) is 3.27. The minimum atomic E-state index is 0.366. The summed E-state index contributed by atoms with van der Waals surface area (Å²) in [6, 6.07) is 14.6. The van der Waals surface area contributed by atoms with Gasteiger partial charge in [0.1, 0.15) is 11.5 Å². The fourth-order valence-corrected chi connectivity index (χ4v) is 4.23. The summed E-state index contributed by atoms with van der Waals surface area (Å²) < 4.78 is 10.5. The van der Waals surface area contributed by atoms with E-state index < -0.39 is 0 Å². The number of fused-ring (bicyclic) bond motifs is 1. The van der Waals surface area contributed by atoms with Crippen molar-refractivity contribution in [3.63, 3.8) is 0 Å². The van der Waals surface area contributed by atoms with Gasteiger partial charge in [0.15, 0.2) is 0 Å². The molecule has 2 heterocycles. The van der Waals surface area contributed by atoms with Crippen molar-refractivity contribution in [2.75, 3.05) is 20.2 Å². The number of carbonyl (C=O) groups is 1. The van der Waals surface area contributed by atoms with Gasteiger partial charge in [-0.25, -0.2) is 0 Å². The largest absolute Gasteiger partial charge is 0.497 e.